The van der Waals surface area contributed by atoms with Gasteiger partial charge < -0.3 is 4.74 Å². The summed E-state index contributed by atoms with van der Waals surface area (Å²) >= 11 is 6.26. The van der Waals surface area contributed by atoms with Gasteiger partial charge in [-0.1, -0.05) is 48.0 Å². The number of amides is 2. The fourth-order valence-electron chi connectivity index (χ4n) is 4.33. The normalized spacial score (nSPS) is 22.4. The van der Waals surface area contributed by atoms with Gasteiger partial charge >= 0.3 is 0 Å². The van der Waals surface area contributed by atoms with Gasteiger partial charge in [0, 0.05) is 5.02 Å². The molecule has 0 aliphatic carbocycles. The maximum atomic E-state index is 13.6. The van der Waals surface area contributed by atoms with Gasteiger partial charge in [-0.2, -0.15) is 0 Å². The quantitative estimate of drug-likeness (QED) is 0.541. The van der Waals surface area contributed by atoms with Crippen LogP contribution in [0, 0.1) is 12.8 Å². The van der Waals surface area contributed by atoms with Gasteiger partial charge in [0.15, 0.2) is 6.10 Å². The van der Waals surface area contributed by atoms with Crippen molar-refractivity contribution in [1.29, 1.82) is 0 Å². The number of carbonyl (C=O) groups excluding carboxylic acids is 2. The monoisotopic (exact) mass is 448 g/mol. The molecule has 162 valence electrons. The van der Waals surface area contributed by atoms with E-state index in [2.05, 4.69) is 0 Å². The number of hydrogen-bond acceptors (Lipinski definition) is 5. The molecule has 5 rings (SSSR count). The molecule has 0 radical (unpaired) electrons. The lowest BCUT2D eigenvalue weighted by Gasteiger charge is -2.29. The summed E-state index contributed by atoms with van der Waals surface area (Å²) in [5.41, 5.74) is 2.95. The van der Waals surface area contributed by atoms with E-state index in [9.17, 15) is 9.59 Å². The van der Waals surface area contributed by atoms with Crippen LogP contribution in [0.5, 0.6) is 5.75 Å². The fourth-order valence-corrected chi connectivity index (χ4v) is 4.51. The molecule has 2 aliphatic rings. The molecule has 2 amide bonds. The van der Waals surface area contributed by atoms with Crippen molar-refractivity contribution in [3.63, 3.8) is 0 Å². The van der Waals surface area contributed by atoms with Crippen LogP contribution >= 0.6 is 11.6 Å². The fraction of sp³-hybridized carbons (Fsp3) is 0.200. The zero-order valence-corrected chi connectivity index (χ0v) is 18.3. The summed E-state index contributed by atoms with van der Waals surface area (Å²) in [7, 11) is 1.60. The number of nitrogens with zero attached hydrogens (tertiary/aromatic N) is 2. The molecule has 2 aliphatic heterocycles. The molecular weight excluding hydrogens is 428 g/mol. The van der Waals surface area contributed by atoms with E-state index in [1.54, 1.807) is 30.4 Å². The number of benzene rings is 3. The summed E-state index contributed by atoms with van der Waals surface area (Å²) in [6.07, 6.45) is -0.921. The van der Waals surface area contributed by atoms with Crippen LogP contribution in [0.2, 0.25) is 5.02 Å². The number of hydroxylamine groups is 1. The van der Waals surface area contributed by atoms with Crippen LogP contribution < -0.4 is 14.7 Å². The number of halogens is 1. The molecule has 0 spiro atoms. The highest BCUT2D eigenvalue weighted by atomic mass is 35.5. The third kappa shape index (κ3) is 3.23. The molecule has 2 saturated heterocycles. The first-order chi connectivity index (χ1) is 15.5. The van der Waals surface area contributed by atoms with Crippen molar-refractivity contribution in [1.82, 2.24) is 0 Å². The Balaban J connectivity index is 1.56. The first-order valence-electron chi connectivity index (χ1n) is 10.3. The van der Waals surface area contributed by atoms with Crippen LogP contribution in [0.15, 0.2) is 72.8 Å². The van der Waals surface area contributed by atoms with Crippen LogP contribution in [0.3, 0.4) is 0 Å². The zero-order chi connectivity index (χ0) is 22.4. The topological polar surface area (TPSA) is 59.1 Å². The molecule has 7 heteroatoms. The Kier molecular flexibility index (Phi) is 5.12. The number of hydrogen-bond donors (Lipinski definition) is 0. The van der Waals surface area contributed by atoms with Crippen molar-refractivity contribution in [3.8, 4) is 5.75 Å². The van der Waals surface area contributed by atoms with E-state index < -0.39 is 24.0 Å². The van der Waals surface area contributed by atoms with Crippen LogP contribution in [0.4, 0.5) is 11.4 Å². The van der Waals surface area contributed by atoms with E-state index in [1.165, 1.54) is 4.90 Å². The summed E-state index contributed by atoms with van der Waals surface area (Å²) in [5.74, 6) is -0.673. The molecule has 2 heterocycles. The van der Waals surface area contributed by atoms with E-state index in [1.807, 2.05) is 61.5 Å². The minimum absolute atomic E-state index is 0.301. The molecule has 32 heavy (non-hydrogen) atoms. The second kappa shape index (κ2) is 7.97. The number of rotatable bonds is 4. The van der Waals surface area contributed by atoms with E-state index in [4.69, 9.17) is 21.2 Å². The summed E-state index contributed by atoms with van der Waals surface area (Å²) in [4.78, 5) is 34.3. The number of imide groups is 1. The molecule has 0 aromatic heterocycles. The lowest BCUT2D eigenvalue weighted by Crippen LogP contribution is -2.37. The van der Waals surface area contributed by atoms with Gasteiger partial charge in [0.05, 0.1) is 24.5 Å². The smallest absolute Gasteiger partial charge is 0.266 e. The van der Waals surface area contributed by atoms with Crippen molar-refractivity contribution in [2.75, 3.05) is 17.1 Å². The van der Waals surface area contributed by atoms with Crippen LogP contribution in [-0.4, -0.2) is 25.0 Å². The lowest BCUT2D eigenvalue weighted by atomic mass is 9.90. The van der Waals surface area contributed by atoms with Gasteiger partial charge in [0.1, 0.15) is 11.7 Å². The van der Waals surface area contributed by atoms with E-state index >= 15 is 0 Å². The molecule has 3 aromatic rings. The SMILES string of the molecule is COc1ccc(N2O[C@@H]3C(=O)N(c4ccc(C)c(Cl)c4)C(=O)[C@@H]3[C@@H]2c2ccccc2)cc1. The third-order valence-corrected chi connectivity index (χ3v) is 6.40. The van der Waals surface area contributed by atoms with Gasteiger partial charge in [-0.25, -0.2) is 9.96 Å². The lowest BCUT2D eigenvalue weighted by molar-refractivity contribution is -0.126. The largest absolute Gasteiger partial charge is 0.497 e. The predicted octanol–water partition coefficient (Wildman–Crippen LogP) is 4.71. The van der Waals surface area contributed by atoms with Crippen molar-refractivity contribution in [3.05, 3.63) is 88.9 Å². The molecule has 2 fully saturated rings. The minimum atomic E-state index is -0.921. The summed E-state index contributed by atoms with van der Waals surface area (Å²) in [5, 5.41) is 2.17. The average Bonchev–Trinajstić information content (AvgIpc) is 3.32. The third-order valence-electron chi connectivity index (χ3n) is 6.00. The average molecular weight is 449 g/mol. The van der Waals surface area contributed by atoms with Crippen molar-refractivity contribution in [2.24, 2.45) is 5.92 Å². The first kappa shape index (κ1) is 20.5. The number of anilines is 2. The molecule has 0 unspecified atom stereocenters. The Morgan fingerprint density at radius 1 is 0.906 bits per heavy atom. The maximum Gasteiger partial charge on any atom is 0.266 e. The first-order valence-corrected chi connectivity index (χ1v) is 10.7. The Bertz CT molecular complexity index is 1180. The van der Waals surface area contributed by atoms with E-state index in [0.29, 0.717) is 16.5 Å². The van der Waals surface area contributed by atoms with Gasteiger partial charge in [-0.05, 0) is 54.4 Å². The molecule has 0 N–H and O–H groups in total. The number of aryl methyl sites for hydroxylation is 1. The molecule has 6 nitrogen and oxygen atoms in total. The van der Waals surface area contributed by atoms with Gasteiger partial charge in [-0.3, -0.25) is 14.4 Å². The second-order valence-electron chi connectivity index (χ2n) is 7.88. The van der Waals surface area contributed by atoms with Crippen molar-refractivity contribution in [2.45, 2.75) is 19.1 Å². The van der Waals surface area contributed by atoms with E-state index in [0.717, 1.165) is 16.8 Å². The molecular formula is C25H21ClN2O4. The van der Waals surface area contributed by atoms with Crippen LogP contribution in [-0.2, 0) is 14.4 Å². The van der Waals surface area contributed by atoms with Crippen molar-refractivity contribution < 1.29 is 19.2 Å². The maximum absolute atomic E-state index is 13.6. The number of ether oxygens (including phenoxy) is 1. The number of methoxy groups -OCH3 is 1. The van der Waals surface area contributed by atoms with E-state index in [-0.39, 0.29) is 5.91 Å². The molecule has 0 bridgehead atoms. The molecule has 3 aromatic carbocycles. The zero-order valence-electron chi connectivity index (χ0n) is 17.6. The van der Waals surface area contributed by atoms with Gasteiger partial charge in [0.2, 0.25) is 5.91 Å². The standard InChI is InChI=1S/C25H21ClN2O4/c1-15-8-9-18(14-20(15)26)27-24(29)21-22(16-6-4-3-5-7-16)28(32-23(21)25(27)30)17-10-12-19(31-2)13-11-17/h3-14,21-23H,1-2H3/t21-,22+,23+/m1/s1. The number of fused-ring (bicyclic) bond motifs is 1. The molecule has 3 atom stereocenters. The highest BCUT2D eigenvalue weighted by Crippen LogP contribution is 2.47. The second-order valence-corrected chi connectivity index (χ2v) is 8.28. The van der Waals surface area contributed by atoms with Crippen LogP contribution in [0.25, 0.3) is 0 Å². The minimum Gasteiger partial charge on any atom is -0.497 e. The van der Waals surface area contributed by atoms with Gasteiger partial charge in [-0.15, -0.1) is 0 Å². The summed E-state index contributed by atoms with van der Waals surface area (Å²) < 4.78 is 5.25. The Morgan fingerprint density at radius 3 is 2.25 bits per heavy atom. The van der Waals surface area contributed by atoms with Crippen LogP contribution in [0.1, 0.15) is 17.2 Å². The van der Waals surface area contributed by atoms with Gasteiger partial charge in [0.25, 0.3) is 5.91 Å². The molecule has 0 saturated carbocycles. The Morgan fingerprint density at radius 2 is 1.59 bits per heavy atom. The number of carbonyl (C=O) groups is 2. The highest BCUT2D eigenvalue weighted by Gasteiger charge is 2.60. The summed E-state index contributed by atoms with van der Waals surface area (Å²) in [6.45, 7) is 1.87. The Hall–Kier alpha value is -3.35. The predicted molar refractivity (Wildman–Crippen MR) is 122 cm³/mol. The highest BCUT2D eigenvalue weighted by molar-refractivity contribution is 6.32. The Labute approximate surface area is 190 Å². The van der Waals surface area contributed by atoms with Crippen molar-refractivity contribution >= 4 is 34.8 Å². The summed E-state index contributed by atoms with van der Waals surface area (Å²) in [6, 6.07) is 21.7.